The predicted octanol–water partition coefficient (Wildman–Crippen LogP) is 3.18. The number of carbonyl (C=O) groups is 1. The van der Waals surface area contributed by atoms with Gasteiger partial charge in [-0.3, -0.25) is 9.69 Å². The molecule has 106 valence electrons. The van der Waals surface area contributed by atoms with E-state index in [-0.39, 0.29) is 6.54 Å². The van der Waals surface area contributed by atoms with E-state index in [1.807, 2.05) is 6.92 Å². The van der Waals surface area contributed by atoms with E-state index in [1.54, 1.807) is 24.3 Å². The van der Waals surface area contributed by atoms with Crippen LogP contribution in [0.15, 0.2) is 34.9 Å². The molecule has 1 heterocycles. The summed E-state index contributed by atoms with van der Waals surface area (Å²) in [5.74, 6) is -1.48. The highest BCUT2D eigenvalue weighted by Gasteiger charge is 2.18. The van der Waals surface area contributed by atoms with Crippen LogP contribution in [0.5, 0.6) is 0 Å². The molecule has 0 saturated heterocycles. The summed E-state index contributed by atoms with van der Waals surface area (Å²) in [6.45, 7) is 2.23. The van der Waals surface area contributed by atoms with Gasteiger partial charge in [-0.2, -0.15) is 0 Å². The lowest BCUT2D eigenvalue weighted by molar-refractivity contribution is 0.0934. The summed E-state index contributed by atoms with van der Waals surface area (Å²) >= 11 is 0. The standard InChI is InChI=1S/C15H15F2NO2/c1-10-11(6-7-20-10)8-18(2)9-14(19)15-12(16)4-3-5-13(15)17/h3-7H,8-9H2,1-2H3. The summed E-state index contributed by atoms with van der Waals surface area (Å²) < 4.78 is 32.2. The molecule has 0 radical (unpaired) electrons. The van der Waals surface area contributed by atoms with E-state index < -0.39 is 23.0 Å². The Morgan fingerprint density at radius 3 is 2.45 bits per heavy atom. The summed E-state index contributed by atoms with van der Waals surface area (Å²) in [5.41, 5.74) is 0.456. The molecular weight excluding hydrogens is 264 g/mol. The molecule has 1 aromatic carbocycles. The van der Waals surface area contributed by atoms with E-state index in [0.717, 1.165) is 23.5 Å². The van der Waals surface area contributed by atoms with Crippen molar-refractivity contribution in [3.8, 4) is 0 Å². The molecule has 0 bridgehead atoms. The molecule has 0 aliphatic rings. The zero-order valence-corrected chi connectivity index (χ0v) is 11.3. The lowest BCUT2D eigenvalue weighted by Crippen LogP contribution is -2.26. The second-order valence-corrected chi connectivity index (χ2v) is 4.69. The first-order valence-corrected chi connectivity index (χ1v) is 6.17. The molecule has 5 heteroatoms. The molecule has 20 heavy (non-hydrogen) atoms. The number of hydrogen-bond acceptors (Lipinski definition) is 3. The first-order chi connectivity index (χ1) is 9.49. The normalized spacial score (nSPS) is 11.1. The third-order valence-electron chi connectivity index (χ3n) is 3.06. The Balaban J connectivity index is 2.06. The Labute approximate surface area is 115 Å². The number of likely N-dealkylation sites (N-methyl/N-ethyl adjacent to an activating group) is 1. The van der Waals surface area contributed by atoms with Crippen LogP contribution in [0.4, 0.5) is 8.78 Å². The van der Waals surface area contributed by atoms with Crippen LogP contribution in [0.3, 0.4) is 0 Å². The van der Waals surface area contributed by atoms with Crippen LogP contribution in [0.1, 0.15) is 21.7 Å². The van der Waals surface area contributed by atoms with Gasteiger partial charge in [0.05, 0.1) is 18.4 Å². The summed E-state index contributed by atoms with van der Waals surface area (Å²) in [6.07, 6.45) is 1.57. The number of nitrogens with zero attached hydrogens (tertiary/aromatic N) is 1. The van der Waals surface area contributed by atoms with Gasteiger partial charge in [-0.1, -0.05) is 6.07 Å². The van der Waals surface area contributed by atoms with Crippen molar-refractivity contribution in [2.45, 2.75) is 13.5 Å². The molecule has 0 atom stereocenters. The largest absolute Gasteiger partial charge is 0.469 e. The number of aryl methyl sites for hydroxylation is 1. The molecule has 0 N–H and O–H groups in total. The number of carbonyl (C=O) groups excluding carboxylic acids is 1. The highest BCUT2D eigenvalue weighted by molar-refractivity contribution is 5.98. The van der Waals surface area contributed by atoms with Crippen LogP contribution in [-0.4, -0.2) is 24.3 Å². The highest BCUT2D eigenvalue weighted by Crippen LogP contribution is 2.15. The minimum absolute atomic E-state index is 0.0670. The van der Waals surface area contributed by atoms with Crippen molar-refractivity contribution in [3.05, 3.63) is 59.1 Å². The topological polar surface area (TPSA) is 33.5 Å². The zero-order valence-electron chi connectivity index (χ0n) is 11.3. The maximum absolute atomic E-state index is 13.5. The second-order valence-electron chi connectivity index (χ2n) is 4.69. The lowest BCUT2D eigenvalue weighted by atomic mass is 10.1. The average molecular weight is 279 g/mol. The van der Waals surface area contributed by atoms with Gasteiger partial charge in [0.25, 0.3) is 0 Å². The molecule has 0 amide bonds. The molecule has 2 aromatic rings. The second kappa shape index (κ2) is 5.96. The van der Waals surface area contributed by atoms with Crippen molar-refractivity contribution < 1.29 is 18.0 Å². The Morgan fingerprint density at radius 1 is 1.25 bits per heavy atom. The van der Waals surface area contributed by atoms with Crippen LogP contribution in [-0.2, 0) is 6.54 Å². The first kappa shape index (κ1) is 14.4. The van der Waals surface area contributed by atoms with Gasteiger partial charge in [-0.05, 0) is 32.2 Å². The van der Waals surface area contributed by atoms with Gasteiger partial charge in [0.15, 0.2) is 5.78 Å². The summed E-state index contributed by atoms with van der Waals surface area (Å²) in [7, 11) is 1.71. The van der Waals surface area contributed by atoms with Crippen molar-refractivity contribution >= 4 is 5.78 Å². The van der Waals surface area contributed by atoms with Crippen molar-refractivity contribution in [1.29, 1.82) is 0 Å². The molecule has 0 aliphatic carbocycles. The van der Waals surface area contributed by atoms with Crippen molar-refractivity contribution in [1.82, 2.24) is 4.90 Å². The number of halogens is 2. The quantitative estimate of drug-likeness (QED) is 0.788. The zero-order chi connectivity index (χ0) is 14.7. The number of furan rings is 1. The number of hydrogen-bond donors (Lipinski definition) is 0. The van der Waals surface area contributed by atoms with E-state index in [4.69, 9.17) is 4.42 Å². The van der Waals surface area contributed by atoms with E-state index >= 15 is 0 Å². The van der Waals surface area contributed by atoms with Gasteiger partial charge in [-0.25, -0.2) is 8.78 Å². The van der Waals surface area contributed by atoms with E-state index in [2.05, 4.69) is 0 Å². The van der Waals surface area contributed by atoms with E-state index in [0.29, 0.717) is 6.54 Å². The van der Waals surface area contributed by atoms with Gasteiger partial charge in [0.1, 0.15) is 17.4 Å². The summed E-state index contributed by atoms with van der Waals surface area (Å²) in [4.78, 5) is 13.7. The Hall–Kier alpha value is -2.01. The fraction of sp³-hybridized carbons (Fsp3) is 0.267. The average Bonchev–Trinajstić information content (AvgIpc) is 2.74. The third-order valence-corrected chi connectivity index (χ3v) is 3.06. The van der Waals surface area contributed by atoms with Crippen molar-refractivity contribution in [2.24, 2.45) is 0 Å². The number of Topliss-reactive ketones (excluding diaryl/α,β-unsaturated/α-hetero) is 1. The molecule has 0 unspecified atom stereocenters. The van der Waals surface area contributed by atoms with Gasteiger partial charge in [0, 0.05) is 12.1 Å². The van der Waals surface area contributed by atoms with Crippen LogP contribution < -0.4 is 0 Å². The van der Waals surface area contributed by atoms with Gasteiger partial charge < -0.3 is 4.42 Å². The maximum Gasteiger partial charge on any atom is 0.182 e. The fourth-order valence-corrected chi connectivity index (χ4v) is 2.01. The van der Waals surface area contributed by atoms with Crippen LogP contribution in [0, 0.1) is 18.6 Å². The smallest absolute Gasteiger partial charge is 0.182 e. The highest BCUT2D eigenvalue weighted by atomic mass is 19.1. The minimum atomic E-state index is -0.831. The molecule has 1 aromatic heterocycles. The van der Waals surface area contributed by atoms with Gasteiger partial charge >= 0.3 is 0 Å². The number of rotatable bonds is 5. The monoisotopic (exact) mass is 279 g/mol. The molecular formula is C15H15F2NO2. The van der Waals surface area contributed by atoms with Crippen molar-refractivity contribution in [2.75, 3.05) is 13.6 Å². The Morgan fingerprint density at radius 2 is 1.90 bits per heavy atom. The number of ketones is 1. The van der Waals surface area contributed by atoms with E-state index in [9.17, 15) is 13.6 Å². The first-order valence-electron chi connectivity index (χ1n) is 6.17. The maximum atomic E-state index is 13.5. The molecule has 3 nitrogen and oxygen atoms in total. The Bertz CT molecular complexity index is 602. The molecule has 0 aliphatic heterocycles. The third kappa shape index (κ3) is 3.11. The van der Waals surface area contributed by atoms with Crippen molar-refractivity contribution in [3.63, 3.8) is 0 Å². The van der Waals surface area contributed by atoms with Gasteiger partial charge in [-0.15, -0.1) is 0 Å². The summed E-state index contributed by atoms with van der Waals surface area (Å²) in [5, 5.41) is 0. The lowest BCUT2D eigenvalue weighted by Gasteiger charge is -2.15. The minimum Gasteiger partial charge on any atom is -0.469 e. The van der Waals surface area contributed by atoms with Crippen LogP contribution in [0.25, 0.3) is 0 Å². The Kier molecular flexibility index (Phi) is 4.29. The fourth-order valence-electron chi connectivity index (χ4n) is 2.01. The van der Waals surface area contributed by atoms with Crippen LogP contribution in [0.2, 0.25) is 0 Å². The van der Waals surface area contributed by atoms with E-state index in [1.165, 1.54) is 6.07 Å². The number of benzene rings is 1. The molecule has 2 rings (SSSR count). The summed E-state index contributed by atoms with van der Waals surface area (Å²) in [6, 6.07) is 5.20. The predicted molar refractivity (Wildman–Crippen MR) is 70.5 cm³/mol. The van der Waals surface area contributed by atoms with Crippen LogP contribution >= 0.6 is 0 Å². The molecule has 0 spiro atoms. The van der Waals surface area contributed by atoms with Gasteiger partial charge in [0.2, 0.25) is 0 Å². The molecule has 0 fully saturated rings. The SMILES string of the molecule is Cc1occc1CN(C)CC(=O)c1c(F)cccc1F. The molecule has 0 saturated carbocycles.